The molecule has 1 aromatic rings. The summed E-state index contributed by atoms with van der Waals surface area (Å²) in [6.45, 7) is 0. The Morgan fingerprint density at radius 3 is 2.92 bits per heavy atom. The summed E-state index contributed by atoms with van der Waals surface area (Å²) in [7, 11) is 0. The molecule has 1 atom stereocenters. The molecular formula is C6H5Cl2N3S. The van der Waals surface area contributed by atoms with Gasteiger partial charge in [-0.25, -0.2) is 9.97 Å². The van der Waals surface area contributed by atoms with E-state index in [1.807, 2.05) is 0 Å². The lowest BCUT2D eigenvalue weighted by Gasteiger charge is -1.98. The normalized spacial score (nSPS) is 21.1. The Morgan fingerprint density at radius 1 is 1.42 bits per heavy atom. The maximum Gasteiger partial charge on any atom is 0.224 e. The van der Waals surface area contributed by atoms with E-state index in [1.165, 1.54) is 11.8 Å². The number of hydrogen-bond acceptors (Lipinski definition) is 4. The van der Waals surface area contributed by atoms with Gasteiger partial charge in [-0.2, -0.15) is 0 Å². The van der Waals surface area contributed by atoms with E-state index in [0.717, 1.165) is 10.6 Å². The predicted octanol–water partition coefficient (Wildman–Crippen LogP) is 1.72. The topological polar surface area (TPSA) is 51.8 Å². The molecule has 1 aliphatic heterocycles. The van der Waals surface area contributed by atoms with Crippen LogP contribution in [0.1, 0.15) is 5.69 Å². The Bertz CT molecular complexity index is 331. The number of fused-ring (bicyclic) bond motifs is 1. The van der Waals surface area contributed by atoms with Gasteiger partial charge in [0.1, 0.15) is 5.15 Å². The Labute approximate surface area is 83.7 Å². The van der Waals surface area contributed by atoms with E-state index in [-0.39, 0.29) is 10.7 Å². The summed E-state index contributed by atoms with van der Waals surface area (Å²) < 4.78 is 0. The first-order valence-corrected chi connectivity index (χ1v) is 4.94. The van der Waals surface area contributed by atoms with E-state index in [4.69, 9.17) is 28.9 Å². The molecule has 0 bridgehead atoms. The van der Waals surface area contributed by atoms with Crippen LogP contribution < -0.4 is 5.73 Å². The van der Waals surface area contributed by atoms with Gasteiger partial charge in [0.15, 0.2) is 0 Å². The SMILES string of the molecule is NC1Cc2nc(Cl)nc(Cl)c2S1. The van der Waals surface area contributed by atoms with Gasteiger partial charge in [0.25, 0.3) is 0 Å². The summed E-state index contributed by atoms with van der Waals surface area (Å²) in [6, 6.07) is 0. The third kappa shape index (κ3) is 1.40. The fourth-order valence-corrected chi connectivity index (χ4v) is 2.58. The Kier molecular flexibility index (Phi) is 2.16. The lowest BCUT2D eigenvalue weighted by Crippen LogP contribution is -2.13. The summed E-state index contributed by atoms with van der Waals surface area (Å²) in [4.78, 5) is 8.73. The van der Waals surface area contributed by atoms with Crippen LogP contribution in [0.3, 0.4) is 0 Å². The van der Waals surface area contributed by atoms with Crippen molar-refractivity contribution in [1.82, 2.24) is 9.97 Å². The Hall–Kier alpha value is -0.0300. The highest BCUT2D eigenvalue weighted by Gasteiger charge is 2.24. The van der Waals surface area contributed by atoms with Gasteiger partial charge in [-0.1, -0.05) is 11.6 Å². The van der Waals surface area contributed by atoms with Gasteiger partial charge < -0.3 is 5.73 Å². The smallest absolute Gasteiger partial charge is 0.224 e. The minimum absolute atomic E-state index is 0.0327. The van der Waals surface area contributed by atoms with Gasteiger partial charge in [-0.3, -0.25) is 0 Å². The molecule has 0 radical (unpaired) electrons. The van der Waals surface area contributed by atoms with E-state index in [9.17, 15) is 0 Å². The molecule has 6 heteroatoms. The predicted molar refractivity (Wildman–Crippen MR) is 49.6 cm³/mol. The van der Waals surface area contributed by atoms with E-state index in [1.54, 1.807) is 0 Å². The number of aromatic nitrogens is 2. The summed E-state index contributed by atoms with van der Waals surface area (Å²) >= 11 is 12.9. The molecule has 64 valence electrons. The molecule has 0 spiro atoms. The molecule has 0 saturated carbocycles. The number of halogens is 2. The van der Waals surface area contributed by atoms with E-state index < -0.39 is 0 Å². The van der Waals surface area contributed by atoms with Crippen molar-refractivity contribution in [3.05, 3.63) is 16.1 Å². The Morgan fingerprint density at radius 2 is 2.17 bits per heavy atom. The van der Waals surface area contributed by atoms with Crippen LogP contribution in [0.5, 0.6) is 0 Å². The van der Waals surface area contributed by atoms with Gasteiger partial charge in [0, 0.05) is 6.42 Å². The second kappa shape index (κ2) is 3.03. The number of rotatable bonds is 0. The van der Waals surface area contributed by atoms with Crippen molar-refractivity contribution in [2.45, 2.75) is 16.7 Å². The maximum absolute atomic E-state index is 5.83. The average Bonchev–Trinajstić information content (AvgIpc) is 2.29. The third-order valence-electron chi connectivity index (χ3n) is 1.53. The minimum atomic E-state index is 0.0327. The van der Waals surface area contributed by atoms with Gasteiger partial charge in [0.2, 0.25) is 5.28 Å². The van der Waals surface area contributed by atoms with Crippen molar-refractivity contribution in [2.24, 2.45) is 5.73 Å². The molecule has 0 amide bonds. The lowest BCUT2D eigenvalue weighted by atomic mass is 10.3. The molecule has 1 aliphatic rings. The summed E-state index contributed by atoms with van der Waals surface area (Å²) in [5, 5.41) is 0.627. The summed E-state index contributed by atoms with van der Waals surface area (Å²) in [5.74, 6) is 0. The van der Waals surface area contributed by atoms with Gasteiger partial charge >= 0.3 is 0 Å². The standard InChI is InChI=1S/C6H5Cl2N3S/c7-5-4-2(1-3(9)12-4)10-6(8)11-5/h3H,1,9H2. The summed E-state index contributed by atoms with van der Waals surface area (Å²) in [5.41, 5.74) is 6.56. The van der Waals surface area contributed by atoms with E-state index >= 15 is 0 Å². The zero-order valence-corrected chi connectivity index (χ0v) is 8.25. The fourth-order valence-electron chi connectivity index (χ4n) is 1.08. The molecule has 12 heavy (non-hydrogen) atoms. The summed E-state index contributed by atoms with van der Waals surface area (Å²) in [6.07, 6.45) is 0.710. The van der Waals surface area contributed by atoms with Crippen molar-refractivity contribution in [1.29, 1.82) is 0 Å². The lowest BCUT2D eigenvalue weighted by molar-refractivity contribution is 0.869. The monoisotopic (exact) mass is 221 g/mol. The van der Waals surface area contributed by atoms with Crippen LogP contribution in [-0.4, -0.2) is 15.3 Å². The second-order valence-corrected chi connectivity index (χ2v) is 4.37. The fraction of sp³-hybridized carbons (Fsp3) is 0.333. The van der Waals surface area contributed by atoms with Crippen molar-refractivity contribution >= 4 is 35.0 Å². The number of nitrogens with zero attached hydrogens (tertiary/aromatic N) is 2. The van der Waals surface area contributed by atoms with Crippen LogP contribution in [0.15, 0.2) is 4.90 Å². The van der Waals surface area contributed by atoms with Crippen LogP contribution in [0.25, 0.3) is 0 Å². The van der Waals surface area contributed by atoms with Crippen LogP contribution in [-0.2, 0) is 6.42 Å². The molecule has 0 fully saturated rings. The first-order chi connectivity index (χ1) is 5.66. The highest BCUT2D eigenvalue weighted by molar-refractivity contribution is 8.00. The highest BCUT2D eigenvalue weighted by Crippen LogP contribution is 2.38. The van der Waals surface area contributed by atoms with Crippen molar-refractivity contribution in [3.63, 3.8) is 0 Å². The van der Waals surface area contributed by atoms with Gasteiger partial charge in [-0.05, 0) is 11.6 Å². The largest absolute Gasteiger partial charge is 0.319 e. The molecule has 2 rings (SSSR count). The minimum Gasteiger partial charge on any atom is -0.319 e. The van der Waals surface area contributed by atoms with Crippen LogP contribution >= 0.6 is 35.0 Å². The number of nitrogens with two attached hydrogens (primary N) is 1. The van der Waals surface area contributed by atoms with Gasteiger partial charge in [-0.15, -0.1) is 11.8 Å². The third-order valence-corrected chi connectivity index (χ3v) is 3.22. The average molecular weight is 222 g/mol. The first kappa shape index (κ1) is 8.56. The van der Waals surface area contributed by atoms with Crippen LogP contribution in [0.4, 0.5) is 0 Å². The number of thioether (sulfide) groups is 1. The zero-order valence-electron chi connectivity index (χ0n) is 5.92. The van der Waals surface area contributed by atoms with Gasteiger partial charge in [0.05, 0.1) is 16.0 Å². The van der Waals surface area contributed by atoms with E-state index in [0.29, 0.717) is 11.6 Å². The molecule has 0 saturated heterocycles. The Balaban J connectivity index is 2.52. The van der Waals surface area contributed by atoms with Crippen molar-refractivity contribution in [3.8, 4) is 0 Å². The second-order valence-electron chi connectivity index (χ2n) is 2.42. The zero-order chi connectivity index (χ0) is 8.72. The molecule has 0 aromatic carbocycles. The first-order valence-electron chi connectivity index (χ1n) is 3.31. The van der Waals surface area contributed by atoms with E-state index in [2.05, 4.69) is 9.97 Å². The molecular weight excluding hydrogens is 217 g/mol. The van der Waals surface area contributed by atoms with Crippen molar-refractivity contribution in [2.75, 3.05) is 0 Å². The molecule has 2 N–H and O–H groups in total. The van der Waals surface area contributed by atoms with Crippen LogP contribution in [0, 0.1) is 0 Å². The number of hydrogen-bond donors (Lipinski definition) is 1. The molecule has 1 unspecified atom stereocenters. The quantitative estimate of drug-likeness (QED) is 0.536. The highest BCUT2D eigenvalue weighted by atomic mass is 35.5. The maximum atomic E-state index is 5.83. The molecule has 0 aliphatic carbocycles. The molecule has 1 aromatic heterocycles. The molecule has 2 heterocycles. The van der Waals surface area contributed by atoms with Crippen LogP contribution in [0.2, 0.25) is 10.4 Å². The van der Waals surface area contributed by atoms with Crippen molar-refractivity contribution < 1.29 is 0 Å². The molecule has 3 nitrogen and oxygen atoms in total.